The maximum Gasteiger partial charge on any atom is 0.344 e. The van der Waals surface area contributed by atoms with E-state index in [2.05, 4.69) is 15.5 Å². The molecule has 5 rings (SSSR count). The Morgan fingerprint density at radius 2 is 1.96 bits per heavy atom. The number of benzene rings is 1. The molecule has 118 valence electrons. The predicted octanol–water partition coefficient (Wildman–Crippen LogP) is 4.13. The number of thioether (sulfide) groups is 1. The molecular weight excluding hydrogens is 332 g/mol. The van der Waals surface area contributed by atoms with E-state index in [1.807, 2.05) is 36.0 Å². The summed E-state index contributed by atoms with van der Waals surface area (Å²) in [7, 11) is 0. The van der Waals surface area contributed by atoms with Gasteiger partial charge in [-0.15, -0.1) is 10.2 Å². The van der Waals surface area contributed by atoms with E-state index in [1.165, 1.54) is 19.3 Å². The summed E-state index contributed by atoms with van der Waals surface area (Å²) in [6, 6.07) is 8.08. The number of amidine groups is 1. The number of nitrogens with zero attached hydrogens (tertiary/aromatic N) is 4. The number of fused-ring (bicyclic) bond motifs is 4. The molecule has 7 heteroatoms. The largest absolute Gasteiger partial charge is 0.402 e. The average molecular weight is 347 g/mol. The standard InChI is InChI=1S/C16H15ClN4OS/c17-12-7-3-2-6-11(12)14-18-20-13-10-23-16(8-4-1-5-9-16)21(13)19-15(20)22-14/h2-3,6-7,10H,1,4-5,8-9H2. The molecule has 23 heavy (non-hydrogen) atoms. The molecule has 1 aromatic carbocycles. The molecule has 0 atom stereocenters. The fourth-order valence-corrected chi connectivity index (χ4v) is 5.01. The first kappa shape index (κ1) is 13.7. The summed E-state index contributed by atoms with van der Waals surface area (Å²) in [5.41, 5.74) is 0.788. The Balaban J connectivity index is 1.46. The summed E-state index contributed by atoms with van der Waals surface area (Å²) in [4.78, 5) is 0.0638. The van der Waals surface area contributed by atoms with E-state index in [1.54, 1.807) is 5.01 Å². The Morgan fingerprint density at radius 3 is 2.78 bits per heavy atom. The van der Waals surface area contributed by atoms with Crippen LogP contribution in [0.25, 0.3) is 0 Å². The highest BCUT2D eigenvalue weighted by Crippen LogP contribution is 2.53. The fourth-order valence-electron chi connectivity index (χ4n) is 3.51. The molecule has 0 radical (unpaired) electrons. The van der Waals surface area contributed by atoms with E-state index in [0.29, 0.717) is 16.9 Å². The molecule has 0 aromatic heterocycles. The second kappa shape index (κ2) is 4.92. The zero-order chi connectivity index (χ0) is 15.4. The lowest BCUT2D eigenvalue weighted by molar-refractivity contribution is 0.170. The Labute approximate surface area is 143 Å². The van der Waals surface area contributed by atoms with Crippen LogP contribution in [-0.4, -0.2) is 26.8 Å². The van der Waals surface area contributed by atoms with E-state index in [-0.39, 0.29) is 4.87 Å². The van der Waals surface area contributed by atoms with Crippen molar-refractivity contribution in [3.8, 4) is 0 Å². The van der Waals surface area contributed by atoms with Crippen molar-refractivity contribution < 1.29 is 4.74 Å². The summed E-state index contributed by atoms with van der Waals surface area (Å²) in [6.45, 7) is 0. The third-order valence-corrected chi connectivity index (χ3v) is 6.37. The van der Waals surface area contributed by atoms with Crippen molar-refractivity contribution >= 4 is 35.3 Å². The van der Waals surface area contributed by atoms with Crippen molar-refractivity contribution in [2.24, 2.45) is 10.2 Å². The van der Waals surface area contributed by atoms with E-state index >= 15 is 0 Å². The van der Waals surface area contributed by atoms with Crippen molar-refractivity contribution in [2.75, 3.05) is 0 Å². The monoisotopic (exact) mass is 346 g/mol. The normalized spacial score (nSPS) is 24.1. The molecule has 1 aromatic rings. The molecule has 3 aliphatic heterocycles. The maximum atomic E-state index is 6.24. The van der Waals surface area contributed by atoms with Gasteiger partial charge in [-0.3, -0.25) is 0 Å². The molecule has 1 spiro atoms. The second-order valence-corrected chi connectivity index (χ2v) is 7.73. The third-order valence-electron chi connectivity index (χ3n) is 4.69. The van der Waals surface area contributed by atoms with E-state index in [0.717, 1.165) is 24.2 Å². The number of hydrogen-bond donors (Lipinski definition) is 0. The molecule has 1 saturated carbocycles. The molecule has 4 aliphatic rings. The SMILES string of the molecule is Clc1ccccc1C1=NN2C3=CSC4(CCCCC4)N3N=C2O1. The summed E-state index contributed by atoms with van der Waals surface area (Å²) in [6.07, 6.45) is 6.14. The first-order valence-corrected chi connectivity index (χ1v) is 9.11. The average Bonchev–Trinajstić information content (AvgIpc) is 3.21. The van der Waals surface area contributed by atoms with Gasteiger partial charge in [0.15, 0.2) is 5.82 Å². The molecule has 0 N–H and O–H groups in total. The second-order valence-electron chi connectivity index (χ2n) is 6.09. The predicted molar refractivity (Wildman–Crippen MR) is 91.7 cm³/mol. The van der Waals surface area contributed by atoms with Crippen LogP contribution in [0.2, 0.25) is 5.02 Å². The minimum atomic E-state index is 0.0638. The van der Waals surface area contributed by atoms with Crippen LogP contribution in [-0.2, 0) is 4.74 Å². The van der Waals surface area contributed by atoms with Gasteiger partial charge in [0.05, 0.1) is 10.6 Å². The third kappa shape index (κ3) is 1.94. The van der Waals surface area contributed by atoms with Crippen molar-refractivity contribution in [1.82, 2.24) is 10.0 Å². The Bertz CT molecular complexity index is 769. The Kier molecular flexibility index (Phi) is 2.94. The van der Waals surface area contributed by atoms with Crippen molar-refractivity contribution in [3.63, 3.8) is 0 Å². The van der Waals surface area contributed by atoms with Gasteiger partial charge >= 0.3 is 6.02 Å². The van der Waals surface area contributed by atoms with Gasteiger partial charge in [-0.05, 0) is 25.0 Å². The van der Waals surface area contributed by atoms with Gasteiger partial charge in [-0.2, -0.15) is 5.01 Å². The van der Waals surface area contributed by atoms with Crippen LogP contribution >= 0.6 is 23.4 Å². The van der Waals surface area contributed by atoms with Crippen molar-refractivity contribution in [1.29, 1.82) is 0 Å². The first-order chi connectivity index (χ1) is 11.3. The Hall–Kier alpha value is -1.66. The summed E-state index contributed by atoms with van der Waals surface area (Å²) < 4.78 is 5.87. The lowest BCUT2D eigenvalue weighted by Gasteiger charge is -2.37. The Morgan fingerprint density at radius 1 is 1.13 bits per heavy atom. The zero-order valence-corrected chi connectivity index (χ0v) is 14.0. The molecule has 5 nitrogen and oxygen atoms in total. The molecule has 1 aliphatic carbocycles. The summed E-state index contributed by atoms with van der Waals surface area (Å²) in [5.74, 6) is 1.50. The molecule has 3 heterocycles. The minimum Gasteiger partial charge on any atom is -0.402 e. The lowest BCUT2D eigenvalue weighted by atomic mass is 9.94. The number of rotatable bonds is 1. The summed E-state index contributed by atoms with van der Waals surface area (Å²) in [5, 5.41) is 16.0. The molecule has 0 unspecified atom stereocenters. The van der Waals surface area contributed by atoms with Gasteiger partial charge in [-0.25, -0.2) is 5.01 Å². The highest BCUT2D eigenvalue weighted by atomic mass is 35.5. The lowest BCUT2D eigenvalue weighted by Crippen LogP contribution is -2.40. The fraction of sp³-hybridized carbons (Fsp3) is 0.375. The van der Waals surface area contributed by atoms with Crippen LogP contribution in [0.1, 0.15) is 37.7 Å². The molecule has 0 amide bonds. The highest BCUT2D eigenvalue weighted by Gasteiger charge is 2.51. The quantitative estimate of drug-likeness (QED) is 0.766. The first-order valence-electron chi connectivity index (χ1n) is 7.85. The maximum absolute atomic E-state index is 6.24. The molecule has 0 saturated heterocycles. The smallest absolute Gasteiger partial charge is 0.344 e. The number of hydrazone groups is 2. The van der Waals surface area contributed by atoms with Gasteiger partial charge in [0.1, 0.15) is 4.87 Å². The van der Waals surface area contributed by atoms with Crippen LogP contribution in [0, 0.1) is 0 Å². The summed E-state index contributed by atoms with van der Waals surface area (Å²) >= 11 is 8.11. The topological polar surface area (TPSA) is 40.4 Å². The van der Waals surface area contributed by atoms with E-state index < -0.39 is 0 Å². The van der Waals surface area contributed by atoms with Crippen molar-refractivity contribution in [3.05, 3.63) is 46.1 Å². The molecular formula is C16H15ClN4OS. The number of halogens is 1. The van der Waals surface area contributed by atoms with Gasteiger partial charge in [0, 0.05) is 5.41 Å². The van der Waals surface area contributed by atoms with Gasteiger partial charge < -0.3 is 4.74 Å². The zero-order valence-electron chi connectivity index (χ0n) is 12.4. The van der Waals surface area contributed by atoms with Crippen LogP contribution in [0.15, 0.2) is 45.7 Å². The van der Waals surface area contributed by atoms with Gasteiger partial charge in [0.2, 0.25) is 5.90 Å². The molecule has 1 fully saturated rings. The minimum absolute atomic E-state index is 0.0638. The van der Waals surface area contributed by atoms with Gasteiger partial charge in [-0.1, -0.05) is 54.8 Å². The van der Waals surface area contributed by atoms with Crippen LogP contribution in [0.4, 0.5) is 0 Å². The number of hydrogen-bond acceptors (Lipinski definition) is 6. The van der Waals surface area contributed by atoms with E-state index in [9.17, 15) is 0 Å². The van der Waals surface area contributed by atoms with Crippen LogP contribution in [0.5, 0.6) is 0 Å². The van der Waals surface area contributed by atoms with Crippen LogP contribution < -0.4 is 0 Å². The molecule has 0 bridgehead atoms. The van der Waals surface area contributed by atoms with Crippen molar-refractivity contribution in [2.45, 2.75) is 37.0 Å². The van der Waals surface area contributed by atoms with Gasteiger partial charge in [0.25, 0.3) is 0 Å². The number of ether oxygens (including phenoxy) is 1. The van der Waals surface area contributed by atoms with Crippen LogP contribution in [0.3, 0.4) is 0 Å². The highest BCUT2D eigenvalue weighted by molar-refractivity contribution is 8.03. The van der Waals surface area contributed by atoms with E-state index in [4.69, 9.17) is 21.4 Å².